The molecule has 5 heteroatoms. The van der Waals surface area contributed by atoms with Crippen molar-refractivity contribution in [2.75, 3.05) is 26.9 Å². The zero-order valence-corrected chi connectivity index (χ0v) is 10.2. The third kappa shape index (κ3) is 4.79. The third-order valence-electron chi connectivity index (χ3n) is 2.38. The maximum absolute atomic E-state index is 13.2. The standard InChI is InChI=1S/C12H19FN2O2/c1-9-5-10(7-11(13)6-9)12(15-14)8-17-4-3-16-2/h5-7,12,15H,3-4,8,14H2,1-2H3. The molecule has 1 atom stereocenters. The number of nitrogens with one attached hydrogen (secondary N) is 1. The summed E-state index contributed by atoms with van der Waals surface area (Å²) in [6.07, 6.45) is 0. The van der Waals surface area contributed by atoms with Crippen LogP contribution in [-0.4, -0.2) is 26.9 Å². The van der Waals surface area contributed by atoms with Gasteiger partial charge in [0.2, 0.25) is 0 Å². The molecule has 0 heterocycles. The number of hydrogen-bond acceptors (Lipinski definition) is 4. The molecular formula is C12H19FN2O2. The van der Waals surface area contributed by atoms with Crippen LogP contribution in [0.1, 0.15) is 17.2 Å². The molecule has 1 rings (SSSR count). The van der Waals surface area contributed by atoms with Crippen LogP contribution in [0.15, 0.2) is 18.2 Å². The zero-order valence-electron chi connectivity index (χ0n) is 10.2. The first kappa shape index (κ1) is 14.1. The summed E-state index contributed by atoms with van der Waals surface area (Å²) in [5.74, 6) is 5.17. The molecule has 1 unspecified atom stereocenters. The third-order valence-corrected chi connectivity index (χ3v) is 2.38. The van der Waals surface area contributed by atoms with Crippen molar-refractivity contribution in [1.82, 2.24) is 5.43 Å². The number of ether oxygens (including phenoxy) is 2. The molecule has 0 saturated carbocycles. The Balaban J connectivity index is 2.59. The van der Waals surface area contributed by atoms with Gasteiger partial charge in [0.1, 0.15) is 5.82 Å². The predicted octanol–water partition coefficient (Wildman–Crippen LogP) is 1.30. The molecule has 1 aromatic rings. The minimum Gasteiger partial charge on any atom is -0.382 e. The Morgan fingerprint density at radius 1 is 1.35 bits per heavy atom. The van der Waals surface area contributed by atoms with Gasteiger partial charge in [-0.05, 0) is 30.2 Å². The second-order valence-corrected chi connectivity index (χ2v) is 3.85. The highest BCUT2D eigenvalue weighted by atomic mass is 19.1. The average molecular weight is 242 g/mol. The minimum atomic E-state index is -0.267. The van der Waals surface area contributed by atoms with E-state index in [4.69, 9.17) is 15.3 Å². The van der Waals surface area contributed by atoms with Crippen molar-refractivity contribution in [3.05, 3.63) is 35.1 Å². The highest BCUT2D eigenvalue weighted by molar-refractivity contribution is 5.26. The molecule has 17 heavy (non-hydrogen) atoms. The molecule has 3 N–H and O–H groups in total. The molecule has 0 radical (unpaired) electrons. The fraction of sp³-hybridized carbons (Fsp3) is 0.500. The van der Waals surface area contributed by atoms with Crippen molar-refractivity contribution < 1.29 is 13.9 Å². The highest BCUT2D eigenvalue weighted by Crippen LogP contribution is 2.16. The number of hydrazine groups is 1. The second kappa shape index (κ2) is 7.34. The van der Waals surface area contributed by atoms with E-state index in [0.717, 1.165) is 11.1 Å². The molecule has 96 valence electrons. The van der Waals surface area contributed by atoms with Crippen LogP contribution in [0.25, 0.3) is 0 Å². The van der Waals surface area contributed by atoms with E-state index >= 15 is 0 Å². The molecule has 1 aromatic carbocycles. The molecular weight excluding hydrogens is 223 g/mol. The monoisotopic (exact) mass is 242 g/mol. The lowest BCUT2D eigenvalue weighted by molar-refractivity contribution is 0.0585. The van der Waals surface area contributed by atoms with Crippen LogP contribution >= 0.6 is 0 Å². The van der Waals surface area contributed by atoms with E-state index in [1.165, 1.54) is 12.1 Å². The van der Waals surface area contributed by atoms with E-state index < -0.39 is 0 Å². The number of nitrogens with two attached hydrogens (primary N) is 1. The number of rotatable bonds is 7. The maximum atomic E-state index is 13.2. The molecule has 4 nitrogen and oxygen atoms in total. The van der Waals surface area contributed by atoms with Gasteiger partial charge in [-0.3, -0.25) is 11.3 Å². The van der Waals surface area contributed by atoms with Gasteiger partial charge < -0.3 is 9.47 Å². The first-order chi connectivity index (χ1) is 8.17. The van der Waals surface area contributed by atoms with Crippen LogP contribution in [0.3, 0.4) is 0 Å². The van der Waals surface area contributed by atoms with Gasteiger partial charge in [-0.2, -0.15) is 0 Å². The van der Waals surface area contributed by atoms with Crippen molar-refractivity contribution in [2.45, 2.75) is 13.0 Å². The van der Waals surface area contributed by atoms with E-state index in [2.05, 4.69) is 5.43 Å². The summed E-state index contributed by atoms with van der Waals surface area (Å²) in [4.78, 5) is 0. The summed E-state index contributed by atoms with van der Waals surface area (Å²) >= 11 is 0. The normalized spacial score (nSPS) is 12.7. The number of halogens is 1. The zero-order chi connectivity index (χ0) is 12.7. The summed E-state index contributed by atoms with van der Waals surface area (Å²) in [7, 11) is 1.61. The van der Waals surface area contributed by atoms with Gasteiger partial charge in [-0.1, -0.05) is 6.07 Å². The fourth-order valence-electron chi connectivity index (χ4n) is 1.55. The first-order valence-corrected chi connectivity index (χ1v) is 5.47. The van der Waals surface area contributed by atoms with E-state index in [9.17, 15) is 4.39 Å². The molecule has 0 bridgehead atoms. The van der Waals surface area contributed by atoms with Crippen molar-refractivity contribution in [1.29, 1.82) is 0 Å². The summed E-state index contributed by atoms with van der Waals surface area (Å²) in [6.45, 7) is 3.23. The summed E-state index contributed by atoms with van der Waals surface area (Å²) in [5.41, 5.74) is 4.26. The van der Waals surface area contributed by atoms with Crippen LogP contribution in [0.2, 0.25) is 0 Å². The second-order valence-electron chi connectivity index (χ2n) is 3.85. The lowest BCUT2D eigenvalue weighted by Gasteiger charge is -2.17. The van der Waals surface area contributed by atoms with Crippen LogP contribution in [-0.2, 0) is 9.47 Å². The van der Waals surface area contributed by atoms with Crippen molar-refractivity contribution >= 4 is 0 Å². The Labute approximate surface area is 101 Å². The Hall–Kier alpha value is -1.01. The van der Waals surface area contributed by atoms with Gasteiger partial charge >= 0.3 is 0 Å². The molecule has 0 amide bonds. The van der Waals surface area contributed by atoms with Crippen molar-refractivity contribution in [3.8, 4) is 0 Å². The first-order valence-electron chi connectivity index (χ1n) is 5.47. The lowest BCUT2D eigenvalue weighted by Crippen LogP contribution is -2.31. The quantitative estimate of drug-likeness (QED) is 0.430. The van der Waals surface area contributed by atoms with Gasteiger partial charge in [0.05, 0.1) is 25.9 Å². The van der Waals surface area contributed by atoms with E-state index in [1.54, 1.807) is 7.11 Å². The van der Waals surface area contributed by atoms with Gasteiger partial charge in [0, 0.05) is 7.11 Å². The summed E-state index contributed by atoms with van der Waals surface area (Å²) in [6, 6.07) is 4.59. The fourth-order valence-corrected chi connectivity index (χ4v) is 1.55. The van der Waals surface area contributed by atoms with E-state index in [1.807, 2.05) is 13.0 Å². The molecule has 0 aromatic heterocycles. The minimum absolute atomic E-state index is 0.221. The number of benzene rings is 1. The number of aryl methyl sites for hydroxylation is 1. The van der Waals surface area contributed by atoms with Gasteiger partial charge in [0.25, 0.3) is 0 Å². The largest absolute Gasteiger partial charge is 0.382 e. The van der Waals surface area contributed by atoms with Crippen LogP contribution in [0.4, 0.5) is 4.39 Å². The Kier molecular flexibility index (Phi) is 6.07. The Bertz CT molecular complexity index is 327. The molecule has 0 aliphatic carbocycles. The molecule has 0 aliphatic rings. The smallest absolute Gasteiger partial charge is 0.123 e. The average Bonchev–Trinajstić information content (AvgIpc) is 2.28. The lowest BCUT2D eigenvalue weighted by atomic mass is 10.1. The molecule has 0 aliphatic heterocycles. The van der Waals surface area contributed by atoms with Gasteiger partial charge in [-0.25, -0.2) is 4.39 Å². The predicted molar refractivity (Wildman–Crippen MR) is 63.9 cm³/mol. The summed E-state index contributed by atoms with van der Waals surface area (Å²) < 4.78 is 23.5. The highest BCUT2D eigenvalue weighted by Gasteiger charge is 2.11. The summed E-state index contributed by atoms with van der Waals surface area (Å²) in [5, 5.41) is 0. The molecule has 0 spiro atoms. The van der Waals surface area contributed by atoms with Gasteiger partial charge in [-0.15, -0.1) is 0 Å². The molecule has 0 saturated heterocycles. The van der Waals surface area contributed by atoms with E-state index in [-0.39, 0.29) is 11.9 Å². The molecule has 0 fully saturated rings. The topological polar surface area (TPSA) is 56.5 Å². The van der Waals surface area contributed by atoms with Crippen LogP contribution in [0.5, 0.6) is 0 Å². The van der Waals surface area contributed by atoms with Gasteiger partial charge in [0.15, 0.2) is 0 Å². The Morgan fingerprint density at radius 2 is 2.12 bits per heavy atom. The van der Waals surface area contributed by atoms with Crippen molar-refractivity contribution in [2.24, 2.45) is 5.84 Å². The van der Waals surface area contributed by atoms with Crippen LogP contribution < -0.4 is 11.3 Å². The van der Waals surface area contributed by atoms with E-state index in [0.29, 0.717) is 19.8 Å². The SMILES string of the molecule is COCCOCC(NN)c1cc(C)cc(F)c1. The van der Waals surface area contributed by atoms with Crippen LogP contribution in [0, 0.1) is 12.7 Å². The number of hydrogen-bond donors (Lipinski definition) is 2. The number of methoxy groups -OCH3 is 1. The Morgan fingerprint density at radius 3 is 2.71 bits per heavy atom. The van der Waals surface area contributed by atoms with Crippen molar-refractivity contribution in [3.63, 3.8) is 0 Å². The maximum Gasteiger partial charge on any atom is 0.123 e.